The Morgan fingerprint density at radius 2 is 1.08 bits per heavy atom. The van der Waals surface area contributed by atoms with E-state index in [0.29, 0.717) is 30.1 Å². The first kappa shape index (κ1) is 64.6. The van der Waals surface area contributed by atoms with E-state index >= 15 is 0 Å². The van der Waals surface area contributed by atoms with E-state index in [1.165, 1.54) is 147 Å². The number of rotatable bonds is 38. The Morgan fingerprint density at radius 1 is 0.573 bits per heavy atom. The summed E-state index contributed by atoms with van der Waals surface area (Å²) in [7, 11) is -4.60. The lowest BCUT2D eigenvalue weighted by atomic mass is 9.32. The lowest BCUT2D eigenvalue weighted by Gasteiger charge is -2.73. The van der Waals surface area contributed by atoms with Crippen LogP contribution >= 0.6 is 7.82 Å². The fraction of sp³-hybridized carbons (Fsp3) is 0.938. The van der Waals surface area contributed by atoms with Gasteiger partial charge < -0.3 is 19.5 Å². The van der Waals surface area contributed by atoms with Gasteiger partial charge in [0, 0.05) is 12.8 Å². The maximum atomic E-state index is 14.0. The molecule has 9 nitrogen and oxygen atoms in total. The molecule has 0 radical (unpaired) electrons. The number of phosphoric ester groups is 1. The molecule has 0 aromatic carbocycles. The van der Waals surface area contributed by atoms with Crippen molar-refractivity contribution < 1.29 is 42.7 Å². The van der Waals surface area contributed by atoms with Crippen molar-refractivity contribution >= 4 is 19.8 Å². The van der Waals surface area contributed by atoms with Gasteiger partial charge in [-0.3, -0.25) is 18.6 Å². The monoisotopic (exact) mass is 1070 g/mol. The van der Waals surface area contributed by atoms with Crippen LogP contribution in [0.3, 0.4) is 0 Å². The standard InChI is InChI=1S/C65H117O9P/c1-10-12-14-16-18-20-22-24-26-28-30-32-34-36-58(67)71-48-52(74-59(68)37-35-33-31-29-27-25-23-21-19-17-15-13-11-2)49-72-75(69,70)73-50-65-45-40-53(51(3)4)60(65)54-38-39-56-62(7)43-42-57(66)61(5,6)55(62)41-44-64(56,9)63(54,8)46-47-65/h52-57,60,66H,3,10-50H2,1-2,4-9H3,(H,69,70)/t52?,53-,54+,55-,56+,57-,60+,62-,63+,64+,65+/m0/s1. The number of allylic oxidation sites excluding steroid dienone is 1. The maximum absolute atomic E-state index is 14.0. The van der Waals surface area contributed by atoms with Crippen molar-refractivity contribution in [1.82, 2.24) is 0 Å². The number of hydrogen-bond acceptors (Lipinski definition) is 8. The zero-order valence-corrected chi connectivity index (χ0v) is 50.8. The Morgan fingerprint density at radius 3 is 1.60 bits per heavy atom. The summed E-state index contributed by atoms with van der Waals surface area (Å²) in [5.74, 6) is 1.38. The molecular weight excluding hydrogens is 956 g/mol. The molecule has 0 aromatic heterocycles. The van der Waals surface area contributed by atoms with E-state index in [4.69, 9.17) is 18.5 Å². The Kier molecular flexibility index (Phi) is 26.8. The number of esters is 2. The first-order valence-corrected chi connectivity index (χ1v) is 33.6. The van der Waals surface area contributed by atoms with Gasteiger partial charge in [0.15, 0.2) is 6.10 Å². The summed E-state index contributed by atoms with van der Waals surface area (Å²) in [4.78, 5) is 37.7. The fourth-order valence-corrected chi connectivity index (χ4v) is 18.0. The summed E-state index contributed by atoms with van der Waals surface area (Å²) in [5, 5.41) is 11.2. The number of carbonyl (C=O) groups excluding carboxylic acids is 2. The van der Waals surface area contributed by atoms with Crippen LogP contribution in [-0.2, 0) is 32.7 Å². The van der Waals surface area contributed by atoms with Gasteiger partial charge in [-0.25, -0.2) is 4.57 Å². The predicted molar refractivity (Wildman–Crippen MR) is 308 cm³/mol. The topological polar surface area (TPSA) is 129 Å². The van der Waals surface area contributed by atoms with Gasteiger partial charge in [0.2, 0.25) is 0 Å². The van der Waals surface area contributed by atoms with Gasteiger partial charge in [0.1, 0.15) is 6.61 Å². The van der Waals surface area contributed by atoms with Crippen LogP contribution in [-0.4, -0.2) is 54.0 Å². The van der Waals surface area contributed by atoms with E-state index in [1.54, 1.807) is 0 Å². The van der Waals surface area contributed by atoms with Gasteiger partial charge in [-0.05, 0) is 141 Å². The van der Waals surface area contributed by atoms with Crippen LogP contribution < -0.4 is 0 Å². The summed E-state index contributed by atoms with van der Waals surface area (Å²) in [5.41, 5.74) is 1.27. The minimum absolute atomic E-state index is 0.0919. The van der Waals surface area contributed by atoms with Crippen LogP contribution in [0.15, 0.2) is 12.2 Å². The van der Waals surface area contributed by atoms with Crippen molar-refractivity contribution in [2.45, 2.75) is 312 Å². The van der Waals surface area contributed by atoms with Crippen molar-refractivity contribution in [3.05, 3.63) is 12.2 Å². The molecule has 75 heavy (non-hydrogen) atoms. The maximum Gasteiger partial charge on any atom is 0.472 e. The van der Waals surface area contributed by atoms with Gasteiger partial charge in [0.25, 0.3) is 0 Å². The Hall–Kier alpha value is -1.25. The minimum atomic E-state index is -4.60. The number of ether oxygens (including phenoxy) is 2. The molecule has 0 saturated heterocycles. The molecule has 2 unspecified atom stereocenters. The largest absolute Gasteiger partial charge is 0.472 e. The molecule has 10 heteroatoms. The Labute approximate surface area is 460 Å². The third-order valence-corrected chi connectivity index (χ3v) is 22.8. The molecular formula is C65H117O9P. The SMILES string of the molecule is C=C(C)[C@@H]1CC[C@]2(COP(=O)(O)OCC(COC(=O)CCCCCCCCCCCCCCC)OC(=O)CCCCCCCCCCCCCCC)CC[C@]3(C)[C@H](CC[C@@H]4[C@@]5(C)CC[C@H](O)C(C)(C)[C@@H]5CC[C@]43C)[C@@H]12. The van der Waals surface area contributed by atoms with Crippen LogP contribution in [0.2, 0.25) is 0 Å². The smallest absolute Gasteiger partial charge is 0.462 e. The molecule has 12 atom stereocenters. The molecule has 0 heterocycles. The molecule has 436 valence electrons. The normalized spacial score (nSPS) is 32.1. The molecule has 0 spiro atoms. The average molecular weight is 1070 g/mol. The highest BCUT2D eigenvalue weighted by atomic mass is 31.2. The third-order valence-electron chi connectivity index (χ3n) is 21.9. The lowest BCUT2D eigenvalue weighted by molar-refractivity contribution is -0.249. The Balaban J connectivity index is 1.13. The summed E-state index contributed by atoms with van der Waals surface area (Å²) in [6.45, 7) is 23.2. The van der Waals surface area contributed by atoms with Crippen LogP contribution in [0.1, 0.15) is 299 Å². The van der Waals surface area contributed by atoms with Crippen molar-refractivity contribution in [3.63, 3.8) is 0 Å². The van der Waals surface area contributed by atoms with E-state index in [1.807, 2.05) is 0 Å². The second-order valence-corrected chi connectivity index (χ2v) is 28.7. The lowest BCUT2D eigenvalue weighted by Crippen LogP contribution is -2.66. The molecule has 0 aromatic rings. The molecule has 5 saturated carbocycles. The number of aliphatic hydroxyl groups excluding tert-OH is 1. The number of aliphatic hydroxyl groups is 1. The number of carbonyl (C=O) groups is 2. The molecule has 5 aliphatic rings. The second kappa shape index (κ2) is 31.1. The number of fused-ring (bicyclic) bond motifs is 7. The average Bonchev–Trinajstić information content (AvgIpc) is 3.77. The highest BCUT2D eigenvalue weighted by Gasteiger charge is 2.71. The van der Waals surface area contributed by atoms with E-state index in [2.05, 4.69) is 62.0 Å². The van der Waals surface area contributed by atoms with Crippen LogP contribution in [0, 0.1) is 56.7 Å². The van der Waals surface area contributed by atoms with E-state index in [9.17, 15) is 24.2 Å². The molecule has 0 amide bonds. The number of hydrogen-bond donors (Lipinski definition) is 2. The van der Waals surface area contributed by atoms with Gasteiger partial charge in [-0.1, -0.05) is 215 Å². The third kappa shape index (κ3) is 17.6. The van der Waals surface area contributed by atoms with Crippen molar-refractivity contribution in [2.24, 2.45) is 56.7 Å². The van der Waals surface area contributed by atoms with Crippen molar-refractivity contribution in [3.8, 4) is 0 Å². The number of unbranched alkanes of at least 4 members (excludes halogenated alkanes) is 24. The van der Waals surface area contributed by atoms with Crippen molar-refractivity contribution in [2.75, 3.05) is 19.8 Å². The van der Waals surface area contributed by atoms with Gasteiger partial charge in [-0.15, -0.1) is 0 Å². The van der Waals surface area contributed by atoms with Crippen LogP contribution in [0.5, 0.6) is 0 Å². The van der Waals surface area contributed by atoms with Crippen molar-refractivity contribution in [1.29, 1.82) is 0 Å². The first-order valence-electron chi connectivity index (χ1n) is 32.1. The van der Waals surface area contributed by atoms with E-state index in [-0.39, 0.29) is 71.1 Å². The first-order chi connectivity index (χ1) is 35.8. The van der Waals surface area contributed by atoms with E-state index < -0.39 is 26.5 Å². The minimum Gasteiger partial charge on any atom is -0.462 e. The highest BCUT2D eigenvalue weighted by molar-refractivity contribution is 7.47. The molecule has 5 aliphatic carbocycles. The molecule has 0 bridgehead atoms. The van der Waals surface area contributed by atoms with E-state index in [0.717, 1.165) is 83.5 Å². The quantitative estimate of drug-likeness (QED) is 0.0269. The molecule has 5 fully saturated rings. The summed E-state index contributed by atoms with van der Waals surface area (Å²) < 4.78 is 37.4. The Bertz CT molecular complexity index is 1750. The predicted octanol–water partition coefficient (Wildman–Crippen LogP) is 18.6. The highest BCUT2D eigenvalue weighted by Crippen LogP contribution is 2.77. The summed E-state index contributed by atoms with van der Waals surface area (Å²) in [6, 6.07) is 0. The van der Waals surface area contributed by atoms with Gasteiger partial charge in [0.05, 0.1) is 19.3 Å². The molecule has 5 rings (SSSR count). The number of phosphoric acid groups is 1. The van der Waals surface area contributed by atoms with Crippen LogP contribution in [0.4, 0.5) is 0 Å². The summed E-state index contributed by atoms with van der Waals surface area (Å²) >= 11 is 0. The van der Waals surface area contributed by atoms with Crippen LogP contribution in [0.25, 0.3) is 0 Å². The second-order valence-electron chi connectivity index (χ2n) is 27.2. The molecule has 0 aliphatic heterocycles. The zero-order valence-electron chi connectivity index (χ0n) is 49.9. The zero-order chi connectivity index (χ0) is 54.6. The molecule has 2 N–H and O–H groups in total. The van der Waals surface area contributed by atoms with Gasteiger partial charge >= 0.3 is 19.8 Å². The summed E-state index contributed by atoms with van der Waals surface area (Å²) in [6.07, 6.45) is 41.4. The fourth-order valence-electron chi connectivity index (χ4n) is 17.1. The van der Waals surface area contributed by atoms with Gasteiger partial charge in [-0.2, -0.15) is 0 Å².